The van der Waals surface area contributed by atoms with Crippen molar-refractivity contribution in [1.29, 1.82) is 0 Å². The fourth-order valence-electron chi connectivity index (χ4n) is 0.466. The third-order valence-corrected chi connectivity index (χ3v) is 1.58. The van der Waals surface area contributed by atoms with Gasteiger partial charge in [0.1, 0.15) is 12.3 Å². The summed E-state index contributed by atoms with van der Waals surface area (Å²) in [7, 11) is -4.58. The lowest BCUT2D eigenvalue weighted by molar-refractivity contribution is 0.0977. The number of phosphoric ester groups is 1. The maximum Gasteiger partial charge on any atom is 0.469 e. The topological polar surface area (TPSA) is 66.8 Å². The first kappa shape index (κ1) is 10.8. The number of hydrogen-bond acceptors (Lipinski definition) is 2. The van der Waals surface area contributed by atoms with Crippen LogP contribution in [0.5, 0.6) is 0 Å². The molecular formula is C5H10FO4P. The highest BCUT2D eigenvalue weighted by Gasteiger charge is 2.23. The molecule has 0 fully saturated rings. The van der Waals surface area contributed by atoms with Crippen molar-refractivity contribution in [3.63, 3.8) is 0 Å². The van der Waals surface area contributed by atoms with Crippen LogP contribution in [0, 0.1) is 0 Å². The Bertz CT molecular complexity index is 177. The molecule has 6 heteroatoms. The summed E-state index contributed by atoms with van der Waals surface area (Å²) in [5.41, 5.74) is 0. The van der Waals surface area contributed by atoms with E-state index in [0.29, 0.717) is 0 Å². The molecule has 0 spiro atoms. The Balaban J connectivity index is 3.97. The minimum atomic E-state index is -4.58. The molecule has 0 aliphatic carbocycles. The van der Waals surface area contributed by atoms with Crippen LogP contribution in [-0.4, -0.2) is 22.1 Å². The van der Waals surface area contributed by atoms with E-state index in [-0.39, 0.29) is 0 Å². The Morgan fingerprint density at radius 3 is 2.45 bits per heavy atom. The van der Waals surface area contributed by atoms with Gasteiger partial charge in [0.25, 0.3) is 0 Å². The van der Waals surface area contributed by atoms with Gasteiger partial charge in [-0.15, -0.1) is 6.58 Å². The van der Waals surface area contributed by atoms with Crippen molar-refractivity contribution in [2.24, 2.45) is 0 Å². The highest BCUT2D eigenvalue weighted by molar-refractivity contribution is 7.46. The van der Waals surface area contributed by atoms with Gasteiger partial charge in [-0.1, -0.05) is 6.08 Å². The molecule has 0 aliphatic rings. The number of alkyl halides is 1. The van der Waals surface area contributed by atoms with Gasteiger partial charge in [-0.3, -0.25) is 4.52 Å². The first-order valence-electron chi connectivity index (χ1n) is 2.87. The molecule has 0 heterocycles. The normalized spacial score (nSPS) is 17.5. The van der Waals surface area contributed by atoms with E-state index < -0.39 is 20.1 Å². The van der Waals surface area contributed by atoms with Crippen LogP contribution in [0.3, 0.4) is 0 Å². The summed E-state index contributed by atoms with van der Waals surface area (Å²) in [5, 5.41) is 0. The Morgan fingerprint density at radius 1 is 1.73 bits per heavy atom. The molecule has 2 N–H and O–H groups in total. The highest BCUT2D eigenvalue weighted by Crippen LogP contribution is 2.38. The monoisotopic (exact) mass is 184 g/mol. The molecule has 0 amide bonds. The van der Waals surface area contributed by atoms with Crippen molar-refractivity contribution in [1.82, 2.24) is 0 Å². The molecule has 0 aromatic carbocycles. The van der Waals surface area contributed by atoms with E-state index >= 15 is 0 Å². The summed E-state index contributed by atoms with van der Waals surface area (Å²) in [5.74, 6) is 0. The van der Waals surface area contributed by atoms with Crippen molar-refractivity contribution in [2.45, 2.75) is 19.2 Å². The van der Waals surface area contributed by atoms with Crippen LogP contribution in [0.2, 0.25) is 0 Å². The van der Waals surface area contributed by atoms with Gasteiger partial charge in [0.05, 0.1) is 0 Å². The Hall–Kier alpha value is -0.220. The summed E-state index contributed by atoms with van der Waals surface area (Å²) < 4.78 is 26.6. The van der Waals surface area contributed by atoms with Crippen LogP contribution in [0.25, 0.3) is 0 Å². The van der Waals surface area contributed by atoms with Gasteiger partial charge in [0.2, 0.25) is 0 Å². The van der Waals surface area contributed by atoms with Crippen molar-refractivity contribution >= 4 is 7.82 Å². The van der Waals surface area contributed by atoms with Gasteiger partial charge >= 0.3 is 7.82 Å². The maximum absolute atomic E-state index is 12.5. The van der Waals surface area contributed by atoms with Crippen LogP contribution in [0.4, 0.5) is 4.39 Å². The molecule has 0 aromatic rings. The molecule has 0 rings (SSSR count). The largest absolute Gasteiger partial charge is 0.469 e. The minimum Gasteiger partial charge on any atom is -0.303 e. The second-order valence-electron chi connectivity index (χ2n) is 1.98. The van der Waals surface area contributed by atoms with E-state index in [1.807, 2.05) is 0 Å². The van der Waals surface area contributed by atoms with Crippen molar-refractivity contribution in [3.8, 4) is 0 Å². The van der Waals surface area contributed by atoms with Gasteiger partial charge in [-0.25, -0.2) is 8.96 Å². The molecular weight excluding hydrogens is 174 g/mol. The van der Waals surface area contributed by atoms with Crippen LogP contribution in [0.1, 0.15) is 6.92 Å². The fourth-order valence-corrected chi connectivity index (χ4v) is 1.02. The zero-order chi connectivity index (χ0) is 9.07. The number of hydrogen-bond donors (Lipinski definition) is 2. The number of rotatable bonds is 4. The second-order valence-corrected chi connectivity index (χ2v) is 3.17. The molecule has 66 valence electrons. The van der Waals surface area contributed by atoms with E-state index in [1.165, 1.54) is 6.92 Å². The molecule has 0 radical (unpaired) electrons. The van der Waals surface area contributed by atoms with Gasteiger partial charge in [0, 0.05) is 0 Å². The predicted octanol–water partition coefficient (Wildman–Crippen LogP) is 1.01. The minimum absolute atomic E-state index is 0.917. The average molecular weight is 184 g/mol. The Morgan fingerprint density at radius 2 is 2.18 bits per heavy atom. The molecule has 2 atom stereocenters. The molecule has 0 bridgehead atoms. The molecule has 0 aromatic heterocycles. The van der Waals surface area contributed by atoms with Gasteiger partial charge in [0.15, 0.2) is 0 Å². The van der Waals surface area contributed by atoms with Crippen LogP contribution in [0.15, 0.2) is 12.7 Å². The average Bonchev–Trinajstić information content (AvgIpc) is 1.82. The van der Waals surface area contributed by atoms with E-state index in [0.717, 1.165) is 6.08 Å². The first-order valence-corrected chi connectivity index (χ1v) is 4.40. The maximum atomic E-state index is 12.5. The lowest BCUT2D eigenvalue weighted by atomic mass is 10.2. The van der Waals surface area contributed by atoms with Crippen LogP contribution < -0.4 is 0 Å². The fraction of sp³-hybridized carbons (Fsp3) is 0.600. The molecule has 4 nitrogen and oxygen atoms in total. The molecule has 0 saturated carbocycles. The predicted molar refractivity (Wildman–Crippen MR) is 37.7 cm³/mol. The van der Waals surface area contributed by atoms with E-state index in [1.54, 1.807) is 0 Å². The lowest BCUT2D eigenvalue weighted by Crippen LogP contribution is -2.18. The Labute approximate surface area is 63.9 Å². The molecule has 2 unspecified atom stereocenters. The quantitative estimate of drug-likeness (QED) is 0.505. The van der Waals surface area contributed by atoms with E-state index in [2.05, 4.69) is 11.1 Å². The van der Waals surface area contributed by atoms with Crippen molar-refractivity contribution in [3.05, 3.63) is 12.7 Å². The SMILES string of the molecule is C=CC(F)C(C)OP(=O)(O)O. The van der Waals surface area contributed by atoms with Crippen LogP contribution in [-0.2, 0) is 9.09 Å². The molecule has 11 heavy (non-hydrogen) atoms. The van der Waals surface area contributed by atoms with E-state index in [4.69, 9.17) is 9.79 Å². The van der Waals surface area contributed by atoms with Crippen molar-refractivity contribution < 1.29 is 23.3 Å². The van der Waals surface area contributed by atoms with Gasteiger partial charge in [-0.2, -0.15) is 0 Å². The number of halogens is 1. The standard InChI is InChI=1S/C5H10FO4P/c1-3-5(6)4(2)10-11(7,8)9/h3-5H,1H2,2H3,(H2,7,8,9). The summed E-state index contributed by atoms with van der Waals surface area (Å²) in [6.07, 6.45) is -1.82. The van der Waals surface area contributed by atoms with Crippen molar-refractivity contribution in [2.75, 3.05) is 0 Å². The van der Waals surface area contributed by atoms with Crippen LogP contribution >= 0.6 is 7.82 Å². The summed E-state index contributed by atoms with van der Waals surface area (Å²) in [4.78, 5) is 16.4. The summed E-state index contributed by atoms with van der Waals surface area (Å²) >= 11 is 0. The van der Waals surface area contributed by atoms with Gasteiger partial charge < -0.3 is 9.79 Å². The van der Waals surface area contributed by atoms with Gasteiger partial charge in [-0.05, 0) is 6.92 Å². The third kappa shape index (κ3) is 5.09. The summed E-state index contributed by atoms with van der Waals surface area (Å²) in [6, 6.07) is 0. The number of phosphoric acid groups is 1. The second kappa shape index (κ2) is 3.97. The lowest BCUT2D eigenvalue weighted by Gasteiger charge is -2.14. The zero-order valence-electron chi connectivity index (χ0n) is 5.98. The Kier molecular flexibility index (Phi) is 3.89. The third-order valence-electron chi connectivity index (χ3n) is 0.977. The smallest absolute Gasteiger partial charge is 0.303 e. The highest BCUT2D eigenvalue weighted by atomic mass is 31.2. The van der Waals surface area contributed by atoms with E-state index in [9.17, 15) is 8.96 Å². The summed E-state index contributed by atoms with van der Waals surface area (Å²) in [6.45, 7) is 4.32. The molecule has 0 saturated heterocycles. The first-order chi connectivity index (χ1) is 4.87. The zero-order valence-corrected chi connectivity index (χ0v) is 6.87. The molecule has 0 aliphatic heterocycles.